The maximum atomic E-state index is 12.7. The van der Waals surface area contributed by atoms with E-state index in [0.717, 1.165) is 44.9 Å². The first-order valence-electron chi connectivity index (χ1n) is 26.3. The minimum absolute atomic E-state index is 0.0155. The fourth-order valence-corrected chi connectivity index (χ4v) is 8.34. The number of carbonyl (C=O) groups is 2. The van der Waals surface area contributed by atoms with E-state index in [-0.39, 0.29) is 25.6 Å². The minimum Gasteiger partial charge on any atom is -0.462 e. The zero-order valence-electron chi connectivity index (χ0n) is 40.8. The summed E-state index contributed by atoms with van der Waals surface area (Å²) in [6, 6.07) is 0. The number of phosphoric acid groups is 1. The van der Waals surface area contributed by atoms with E-state index in [4.69, 9.17) is 18.5 Å². The summed E-state index contributed by atoms with van der Waals surface area (Å²) in [7, 11) is -2.65. The number of unbranched alkanes of at least 4 members (excludes halogenated alkanes) is 32. The highest BCUT2D eigenvalue weighted by molar-refractivity contribution is 7.47. The molecular weight excluding hydrogens is 798 g/mol. The first kappa shape index (κ1) is 60.5. The second-order valence-electron chi connectivity index (χ2n) is 17.7. The number of likely N-dealkylation sites (N-methyl/N-ethyl adjacent to an activating group) is 1. The van der Waals surface area contributed by atoms with E-state index >= 15 is 0 Å². The van der Waals surface area contributed by atoms with Crippen LogP contribution in [-0.2, 0) is 32.7 Å². The first-order chi connectivity index (χ1) is 30.3. The van der Waals surface area contributed by atoms with Gasteiger partial charge in [-0.05, 0) is 52.0 Å². The summed E-state index contributed by atoms with van der Waals surface area (Å²) < 4.78 is 33.4. The summed E-state index contributed by atoms with van der Waals surface area (Å²) in [4.78, 5) is 35.3. The predicted octanol–water partition coefficient (Wildman–Crippen LogP) is 15.8. The molecule has 0 saturated carbocycles. The Kier molecular flexibility index (Phi) is 47.7. The van der Waals surface area contributed by atoms with Gasteiger partial charge in [-0.3, -0.25) is 18.6 Å². The molecule has 0 saturated heterocycles. The van der Waals surface area contributed by atoms with Crippen molar-refractivity contribution in [2.75, 3.05) is 33.4 Å². The molecule has 0 aliphatic carbocycles. The van der Waals surface area contributed by atoms with Crippen molar-refractivity contribution in [1.29, 1.82) is 0 Å². The molecule has 0 aliphatic rings. The smallest absolute Gasteiger partial charge is 0.462 e. The molecule has 0 fully saturated rings. The Bertz CT molecular complexity index is 1070. The van der Waals surface area contributed by atoms with Crippen molar-refractivity contribution in [3.05, 3.63) is 24.3 Å². The van der Waals surface area contributed by atoms with Crippen molar-refractivity contribution in [3.63, 3.8) is 0 Å². The highest BCUT2D eigenvalue weighted by atomic mass is 31.2. The summed E-state index contributed by atoms with van der Waals surface area (Å²) in [5, 5.41) is 2.83. The fraction of sp³-hybridized carbons (Fsp3) is 0.885. The van der Waals surface area contributed by atoms with Gasteiger partial charge in [-0.2, -0.15) is 0 Å². The number of esters is 2. The van der Waals surface area contributed by atoms with Gasteiger partial charge in [0, 0.05) is 19.4 Å². The van der Waals surface area contributed by atoms with Crippen LogP contribution in [0, 0.1) is 0 Å². The topological polar surface area (TPSA) is 120 Å². The molecule has 10 heteroatoms. The van der Waals surface area contributed by atoms with E-state index in [1.807, 2.05) is 0 Å². The third-order valence-electron chi connectivity index (χ3n) is 11.6. The molecule has 0 spiro atoms. The fourth-order valence-electron chi connectivity index (χ4n) is 7.59. The van der Waals surface area contributed by atoms with Crippen molar-refractivity contribution in [2.45, 2.75) is 264 Å². The molecule has 9 nitrogen and oxygen atoms in total. The Hall–Kier alpha value is -1.51. The van der Waals surface area contributed by atoms with Crippen LogP contribution >= 0.6 is 7.82 Å². The van der Waals surface area contributed by atoms with Crippen molar-refractivity contribution in [3.8, 4) is 0 Å². The summed E-state index contributed by atoms with van der Waals surface area (Å²) in [5.41, 5.74) is 0. The van der Waals surface area contributed by atoms with E-state index in [0.29, 0.717) is 19.4 Å². The van der Waals surface area contributed by atoms with Crippen LogP contribution in [0.15, 0.2) is 24.3 Å². The van der Waals surface area contributed by atoms with E-state index < -0.39 is 26.5 Å². The van der Waals surface area contributed by atoms with Crippen molar-refractivity contribution >= 4 is 19.8 Å². The van der Waals surface area contributed by atoms with Crippen LogP contribution in [0.2, 0.25) is 0 Å². The molecule has 0 bridgehead atoms. The highest BCUT2D eigenvalue weighted by Crippen LogP contribution is 2.43. The van der Waals surface area contributed by atoms with E-state index in [9.17, 15) is 19.0 Å². The Morgan fingerprint density at radius 2 is 0.871 bits per heavy atom. The van der Waals surface area contributed by atoms with Gasteiger partial charge in [0.1, 0.15) is 6.61 Å². The molecule has 0 aromatic carbocycles. The zero-order valence-corrected chi connectivity index (χ0v) is 41.7. The summed E-state index contributed by atoms with van der Waals surface area (Å²) >= 11 is 0. The van der Waals surface area contributed by atoms with Gasteiger partial charge in [0.2, 0.25) is 0 Å². The third kappa shape index (κ3) is 48.0. The van der Waals surface area contributed by atoms with Crippen LogP contribution in [0.5, 0.6) is 0 Å². The average molecular weight is 898 g/mol. The first-order valence-corrected chi connectivity index (χ1v) is 27.8. The third-order valence-corrected chi connectivity index (χ3v) is 12.6. The molecule has 0 aliphatic heterocycles. The van der Waals surface area contributed by atoms with Crippen LogP contribution in [0.1, 0.15) is 258 Å². The molecule has 0 aromatic rings. The standard InChI is InChI=1S/C52H100NO8P/c1-4-6-8-10-12-14-16-18-20-22-24-25-27-28-30-32-34-36-38-40-42-44-51(54)58-48-50(49-60-62(56,57)59-47-46-53-3)61-52(55)45-43-41-39-37-35-33-31-29-26-23-21-19-17-15-13-11-9-7-5-2/h13,15,19,21,50,53H,4-12,14,16-18,20,22-49H2,1-3H3,(H,56,57)/b15-13-,21-19-. The average Bonchev–Trinajstić information content (AvgIpc) is 3.26. The lowest BCUT2D eigenvalue weighted by atomic mass is 10.0. The van der Waals surface area contributed by atoms with Crippen LogP contribution in [0.3, 0.4) is 0 Å². The molecule has 0 amide bonds. The van der Waals surface area contributed by atoms with Gasteiger partial charge in [-0.25, -0.2) is 4.57 Å². The van der Waals surface area contributed by atoms with Crippen molar-refractivity contribution < 1.29 is 37.6 Å². The van der Waals surface area contributed by atoms with Gasteiger partial charge < -0.3 is 19.7 Å². The lowest BCUT2D eigenvalue weighted by Crippen LogP contribution is -2.29. The maximum absolute atomic E-state index is 12.7. The van der Waals surface area contributed by atoms with E-state index in [1.54, 1.807) is 7.05 Å². The SMILES string of the molecule is CCCCC/C=C\C/C=C\CCCCCCCCCCCC(=O)OC(COC(=O)CCCCCCCCCCCCCCCCCCCCCCC)COP(=O)(O)OCCNC. The van der Waals surface area contributed by atoms with E-state index in [1.165, 1.54) is 180 Å². The van der Waals surface area contributed by atoms with Crippen LogP contribution in [0.4, 0.5) is 0 Å². The quantitative estimate of drug-likeness (QED) is 0.0266. The van der Waals surface area contributed by atoms with Gasteiger partial charge in [-0.15, -0.1) is 0 Å². The lowest BCUT2D eigenvalue weighted by molar-refractivity contribution is -0.161. The number of ether oxygens (including phenoxy) is 2. The Labute approximate surface area is 383 Å². The Morgan fingerprint density at radius 1 is 0.500 bits per heavy atom. The Morgan fingerprint density at radius 3 is 1.31 bits per heavy atom. The molecular formula is C52H100NO8P. The second-order valence-corrected chi connectivity index (χ2v) is 19.2. The monoisotopic (exact) mass is 898 g/mol. The predicted molar refractivity (Wildman–Crippen MR) is 262 cm³/mol. The van der Waals surface area contributed by atoms with Crippen LogP contribution in [-0.4, -0.2) is 56.3 Å². The molecule has 2 N–H and O–H groups in total. The van der Waals surface area contributed by atoms with Crippen molar-refractivity contribution in [2.24, 2.45) is 0 Å². The largest absolute Gasteiger partial charge is 0.472 e. The molecule has 2 atom stereocenters. The molecule has 2 unspecified atom stereocenters. The summed E-state index contributed by atoms with van der Waals surface area (Å²) in [6.07, 6.45) is 53.7. The number of hydrogen-bond acceptors (Lipinski definition) is 8. The second kappa shape index (κ2) is 48.9. The van der Waals surface area contributed by atoms with Crippen LogP contribution < -0.4 is 5.32 Å². The molecule has 0 rings (SSSR count). The number of allylic oxidation sites excluding steroid dienone is 4. The zero-order chi connectivity index (χ0) is 45.3. The number of nitrogens with one attached hydrogen (secondary N) is 1. The van der Waals surface area contributed by atoms with Gasteiger partial charge in [0.25, 0.3) is 0 Å². The molecule has 0 radical (unpaired) electrons. The Balaban J connectivity index is 4.07. The molecule has 62 heavy (non-hydrogen) atoms. The number of phosphoric ester groups is 1. The molecule has 0 aromatic heterocycles. The van der Waals surface area contributed by atoms with Crippen molar-refractivity contribution in [1.82, 2.24) is 5.32 Å². The summed E-state index contributed by atoms with van der Waals surface area (Å²) in [5.74, 6) is -0.797. The number of hydrogen-bond donors (Lipinski definition) is 2. The van der Waals surface area contributed by atoms with Gasteiger partial charge in [0.15, 0.2) is 6.10 Å². The van der Waals surface area contributed by atoms with Gasteiger partial charge in [0.05, 0.1) is 13.2 Å². The minimum atomic E-state index is -4.35. The summed E-state index contributed by atoms with van der Waals surface area (Å²) in [6.45, 7) is 4.25. The van der Waals surface area contributed by atoms with Crippen LogP contribution in [0.25, 0.3) is 0 Å². The normalized spacial score (nSPS) is 13.3. The van der Waals surface area contributed by atoms with E-state index in [2.05, 4.69) is 43.5 Å². The number of carbonyl (C=O) groups excluding carboxylic acids is 2. The maximum Gasteiger partial charge on any atom is 0.472 e. The highest BCUT2D eigenvalue weighted by Gasteiger charge is 2.26. The van der Waals surface area contributed by atoms with Gasteiger partial charge >= 0.3 is 19.8 Å². The lowest BCUT2D eigenvalue weighted by Gasteiger charge is -2.20. The molecule has 366 valence electrons. The number of rotatable bonds is 50. The molecule has 0 heterocycles. The van der Waals surface area contributed by atoms with Gasteiger partial charge in [-0.1, -0.05) is 224 Å².